The van der Waals surface area contributed by atoms with Crippen LogP contribution in [0.3, 0.4) is 0 Å². The van der Waals surface area contributed by atoms with E-state index in [-0.39, 0.29) is 18.3 Å². The van der Waals surface area contributed by atoms with Crippen LogP contribution in [0.15, 0.2) is 41.3 Å². The molecule has 0 radical (unpaired) electrons. The van der Waals surface area contributed by atoms with Crippen molar-refractivity contribution in [2.24, 2.45) is 0 Å². The summed E-state index contributed by atoms with van der Waals surface area (Å²) in [5.74, 6) is 3.26. The van der Waals surface area contributed by atoms with Gasteiger partial charge in [-0.2, -0.15) is 5.26 Å². The second kappa shape index (κ2) is 10.7. The first-order valence-electron chi connectivity index (χ1n) is 7.99. The molecule has 144 valence electrons. The van der Waals surface area contributed by atoms with E-state index in [4.69, 9.17) is 39.1 Å². The quantitative estimate of drug-likeness (QED) is 0.489. The van der Waals surface area contributed by atoms with Crippen LogP contribution in [0.2, 0.25) is 10.0 Å². The van der Waals surface area contributed by atoms with E-state index in [2.05, 4.69) is 11.2 Å². The van der Waals surface area contributed by atoms with Crippen LogP contribution in [0.25, 0.3) is 0 Å². The standard InChI is InChI=1S/C20H16Cl2N2O3S/c1-3-8-27-18-7-5-14(10-19(18)26-2)28-12-20(25)24-17(11-23)13-4-6-15(21)16(22)9-13/h1,4-7,9-10,17H,8,12H2,2H3,(H,24,25). The van der Waals surface area contributed by atoms with Crippen molar-refractivity contribution in [3.63, 3.8) is 0 Å². The fourth-order valence-corrected chi connectivity index (χ4v) is 3.25. The second-order valence-corrected chi connectivity index (χ2v) is 7.26. The lowest BCUT2D eigenvalue weighted by atomic mass is 10.1. The van der Waals surface area contributed by atoms with Gasteiger partial charge in [0.25, 0.3) is 0 Å². The minimum absolute atomic E-state index is 0.118. The zero-order valence-corrected chi connectivity index (χ0v) is 17.2. The third kappa shape index (κ3) is 6.00. The largest absolute Gasteiger partial charge is 0.493 e. The van der Waals surface area contributed by atoms with Crippen molar-refractivity contribution < 1.29 is 14.3 Å². The van der Waals surface area contributed by atoms with Gasteiger partial charge in [0.05, 0.1) is 29.0 Å². The summed E-state index contributed by atoms with van der Waals surface area (Å²) in [6.45, 7) is 0.134. The molecule has 0 aliphatic carbocycles. The molecule has 0 aliphatic rings. The number of rotatable bonds is 8. The molecule has 0 aromatic heterocycles. The molecular formula is C20H16Cl2N2O3S. The number of carbonyl (C=O) groups excluding carboxylic acids is 1. The highest BCUT2D eigenvalue weighted by molar-refractivity contribution is 8.00. The van der Waals surface area contributed by atoms with Crippen LogP contribution >= 0.6 is 35.0 Å². The van der Waals surface area contributed by atoms with Gasteiger partial charge < -0.3 is 14.8 Å². The minimum atomic E-state index is -0.822. The Morgan fingerprint density at radius 3 is 2.68 bits per heavy atom. The summed E-state index contributed by atoms with van der Waals surface area (Å²) in [5, 5.41) is 12.7. The van der Waals surface area contributed by atoms with Crippen molar-refractivity contribution in [2.75, 3.05) is 19.5 Å². The molecular weight excluding hydrogens is 419 g/mol. The molecule has 0 saturated carbocycles. The number of carbonyl (C=O) groups is 1. The number of nitriles is 1. The highest BCUT2D eigenvalue weighted by Gasteiger charge is 2.16. The molecule has 0 spiro atoms. The van der Waals surface area contributed by atoms with E-state index in [9.17, 15) is 10.1 Å². The molecule has 0 heterocycles. The first kappa shape index (κ1) is 21.8. The monoisotopic (exact) mass is 434 g/mol. The Balaban J connectivity index is 1.98. The summed E-state index contributed by atoms with van der Waals surface area (Å²) in [5.41, 5.74) is 0.562. The van der Waals surface area contributed by atoms with E-state index in [1.54, 1.807) is 36.4 Å². The lowest BCUT2D eigenvalue weighted by Gasteiger charge is -2.13. The third-order valence-corrected chi connectivity index (χ3v) is 5.26. The van der Waals surface area contributed by atoms with Crippen LogP contribution in [0, 0.1) is 23.7 Å². The molecule has 1 N–H and O–H groups in total. The summed E-state index contributed by atoms with van der Waals surface area (Å²) in [6, 6.07) is 11.3. The predicted octanol–water partition coefficient (Wildman–Crippen LogP) is 4.49. The molecule has 1 unspecified atom stereocenters. The topological polar surface area (TPSA) is 71.3 Å². The van der Waals surface area contributed by atoms with Crippen LogP contribution in [-0.4, -0.2) is 25.4 Å². The molecule has 1 amide bonds. The zero-order chi connectivity index (χ0) is 20.5. The summed E-state index contributed by atoms with van der Waals surface area (Å²) >= 11 is 13.2. The van der Waals surface area contributed by atoms with E-state index in [0.29, 0.717) is 27.1 Å². The molecule has 28 heavy (non-hydrogen) atoms. The molecule has 2 rings (SSSR count). The lowest BCUT2D eigenvalue weighted by Crippen LogP contribution is -2.29. The number of methoxy groups -OCH3 is 1. The van der Waals surface area contributed by atoms with Crippen molar-refractivity contribution in [1.29, 1.82) is 5.26 Å². The maximum atomic E-state index is 12.3. The minimum Gasteiger partial charge on any atom is -0.493 e. The zero-order valence-electron chi connectivity index (χ0n) is 14.9. The molecule has 5 nitrogen and oxygen atoms in total. The maximum Gasteiger partial charge on any atom is 0.231 e. The average Bonchev–Trinajstić information content (AvgIpc) is 2.71. The summed E-state index contributed by atoms with van der Waals surface area (Å²) in [7, 11) is 1.52. The normalized spacial score (nSPS) is 11.0. The number of nitrogens with one attached hydrogen (secondary N) is 1. The Morgan fingerprint density at radius 2 is 2.04 bits per heavy atom. The molecule has 0 bridgehead atoms. The number of halogens is 2. The third-order valence-electron chi connectivity index (χ3n) is 3.53. The van der Waals surface area contributed by atoms with Crippen molar-refractivity contribution >= 4 is 40.9 Å². The van der Waals surface area contributed by atoms with Gasteiger partial charge in [-0.15, -0.1) is 18.2 Å². The molecule has 0 aliphatic heterocycles. The number of hydrogen-bond donors (Lipinski definition) is 1. The van der Waals surface area contributed by atoms with Gasteiger partial charge in [0, 0.05) is 4.90 Å². The Labute approximate surface area is 177 Å². The van der Waals surface area contributed by atoms with E-state index in [0.717, 1.165) is 4.90 Å². The fourth-order valence-electron chi connectivity index (χ4n) is 2.21. The summed E-state index contributed by atoms with van der Waals surface area (Å²) < 4.78 is 10.7. The number of terminal acetylenes is 1. The van der Waals surface area contributed by atoms with Crippen LogP contribution < -0.4 is 14.8 Å². The van der Waals surface area contributed by atoms with E-state index >= 15 is 0 Å². The van der Waals surface area contributed by atoms with Gasteiger partial charge in [0.15, 0.2) is 11.5 Å². The second-order valence-electron chi connectivity index (χ2n) is 5.40. The molecule has 0 saturated heterocycles. The summed E-state index contributed by atoms with van der Waals surface area (Å²) in [4.78, 5) is 13.1. The number of hydrogen-bond acceptors (Lipinski definition) is 5. The Hall–Kier alpha value is -2.51. The average molecular weight is 435 g/mol. The highest BCUT2D eigenvalue weighted by atomic mass is 35.5. The van der Waals surface area contributed by atoms with Gasteiger partial charge in [-0.1, -0.05) is 35.2 Å². The van der Waals surface area contributed by atoms with Crippen molar-refractivity contribution in [1.82, 2.24) is 5.32 Å². The number of ether oxygens (including phenoxy) is 2. The van der Waals surface area contributed by atoms with E-state index in [1.807, 2.05) is 6.07 Å². The molecule has 1 atom stereocenters. The van der Waals surface area contributed by atoms with E-state index in [1.165, 1.54) is 18.9 Å². The van der Waals surface area contributed by atoms with Gasteiger partial charge in [-0.05, 0) is 35.9 Å². The number of thioether (sulfide) groups is 1. The number of benzene rings is 2. The van der Waals surface area contributed by atoms with Crippen LogP contribution in [0.5, 0.6) is 11.5 Å². The van der Waals surface area contributed by atoms with Gasteiger partial charge in [-0.3, -0.25) is 4.79 Å². The van der Waals surface area contributed by atoms with Crippen molar-refractivity contribution in [2.45, 2.75) is 10.9 Å². The smallest absolute Gasteiger partial charge is 0.231 e. The fraction of sp³-hybridized carbons (Fsp3) is 0.200. The van der Waals surface area contributed by atoms with Crippen LogP contribution in [0.1, 0.15) is 11.6 Å². The SMILES string of the molecule is C#CCOc1ccc(SCC(=O)NC(C#N)c2ccc(Cl)c(Cl)c2)cc1OC. The first-order chi connectivity index (χ1) is 13.5. The van der Waals surface area contributed by atoms with Gasteiger partial charge in [0.2, 0.25) is 5.91 Å². The Bertz CT molecular complexity index is 938. The molecule has 8 heteroatoms. The number of nitrogens with zero attached hydrogens (tertiary/aromatic N) is 1. The maximum absolute atomic E-state index is 12.3. The highest BCUT2D eigenvalue weighted by Crippen LogP contribution is 2.32. The Kier molecular flexibility index (Phi) is 8.35. The van der Waals surface area contributed by atoms with Gasteiger partial charge in [-0.25, -0.2) is 0 Å². The summed E-state index contributed by atoms with van der Waals surface area (Å²) in [6.07, 6.45) is 5.19. The molecule has 0 fully saturated rings. The molecule has 2 aromatic carbocycles. The van der Waals surface area contributed by atoms with Gasteiger partial charge in [0.1, 0.15) is 12.6 Å². The first-order valence-corrected chi connectivity index (χ1v) is 9.73. The van der Waals surface area contributed by atoms with E-state index < -0.39 is 6.04 Å². The number of amides is 1. The van der Waals surface area contributed by atoms with Crippen LogP contribution in [0.4, 0.5) is 0 Å². The molecule has 2 aromatic rings. The predicted molar refractivity (Wildman–Crippen MR) is 111 cm³/mol. The Morgan fingerprint density at radius 1 is 1.25 bits per heavy atom. The van der Waals surface area contributed by atoms with Crippen molar-refractivity contribution in [3.8, 4) is 29.9 Å². The van der Waals surface area contributed by atoms with Crippen molar-refractivity contribution in [3.05, 3.63) is 52.0 Å². The van der Waals surface area contributed by atoms with Gasteiger partial charge >= 0.3 is 0 Å². The lowest BCUT2D eigenvalue weighted by molar-refractivity contribution is -0.118. The van der Waals surface area contributed by atoms with Crippen LogP contribution in [-0.2, 0) is 4.79 Å².